The second kappa shape index (κ2) is 6.34. The summed E-state index contributed by atoms with van der Waals surface area (Å²) in [5.74, 6) is 0.602. The Morgan fingerprint density at radius 3 is 2.56 bits per heavy atom. The summed E-state index contributed by atoms with van der Waals surface area (Å²) in [5.41, 5.74) is 3.10. The van der Waals surface area contributed by atoms with Crippen molar-refractivity contribution in [2.24, 2.45) is 0 Å². The molecule has 1 aromatic heterocycles. The minimum atomic E-state index is -0.206. The minimum Gasteiger partial charge on any atom is -0.322 e. The number of fused-ring (bicyclic) bond motifs is 2. The molecular formula is C22H23N3O2. The van der Waals surface area contributed by atoms with E-state index in [1.807, 2.05) is 24.3 Å². The normalized spacial score (nSPS) is 13.6. The number of hydrogen-bond acceptors (Lipinski definition) is 3. The van der Waals surface area contributed by atoms with Gasteiger partial charge in [-0.05, 0) is 47.7 Å². The van der Waals surface area contributed by atoms with Gasteiger partial charge in [0.25, 0.3) is 11.5 Å². The van der Waals surface area contributed by atoms with Gasteiger partial charge in [0.1, 0.15) is 5.82 Å². The maximum Gasteiger partial charge on any atom is 0.261 e. The van der Waals surface area contributed by atoms with Crippen LogP contribution >= 0.6 is 0 Å². The van der Waals surface area contributed by atoms with Gasteiger partial charge in [-0.3, -0.25) is 14.2 Å². The van der Waals surface area contributed by atoms with Crippen molar-refractivity contribution in [2.45, 2.75) is 45.6 Å². The number of anilines is 1. The van der Waals surface area contributed by atoms with Gasteiger partial charge in [0.05, 0.1) is 10.9 Å². The lowest BCUT2D eigenvalue weighted by molar-refractivity contribution is 0.102. The molecule has 0 unspecified atom stereocenters. The number of rotatable bonds is 2. The summed E-state index contributed by atoms with van der Waals surface area (Å²) in [4.78, 5) is 29.8. The van der Waals surface area contributed by atoms with Crippen molar-refractivity contribution < 1.29 is 4.79 Å². The number of aromatic nitrogens is 2. The lowest BCUT2D eigenvalue weighted by Gasteiger charge is -2.19. The SMILES string of the molecule is CC(C)(C)c1ccc(NC(=O)c2ccc3c(=O)n4c(nc3c2)CCC4)cc1. The topological polar surface area (TPSA) is 64.0 Å². The molecule has 1 N–H and O–H groups in total. The zero-order chi connectivity index (χ0) is 19.2. The molecule has 27 heavy (non-hydrogen) atoms. The predicted octanol–water partition coefficient (Wildman–Crippen LogP) is 3.89. The highest BCUT2D eigenvalue weighted by Crippen LogP contribution is 2.24. The number of benzene rings is 2. The van der Waals surface area contributed by atoms with Crippen LogP contribution in [0.4, 0.5) is 5.69 Å². The molecule has 5 nitrogen and oxygen atoms in total. The lowest BCUT2D eigenvalue weighted by Crippen LogP contribution is -2.21. The van der Waals surface area contributed by atoms with Gasteiger partial charge in [0, 0.05) is 24.2 Å². The summed E-state index contributed by atoms with van der Waals surface area (Å²) in [6.07, 6.45) is 1.75. The first-order chi connectivity index (χ1) is 12.8. The summed E-state index contributed by atoms with van der Waals surface area (Å²) >= 11 is 0. The summed E-state index contributed by atoms with van der Waals surface area (Å²) in [7, 11) is 0. The quantitative estimate of drug-likeness (QED) is 0.753. The Morgan fingerprint density at radius 1 is 1.11 bits per heavy atom. The van der Waals surface area contributed by atoms with Crippen molar-refractivity contribution in [3.05, 3.63) is 69.8 Å². The van der Waals surface area contributed by atoms with Gasteiger partial charge in [0.2, 0.25) is 0 Å². The lowest BCUT2D eigenvalue weighted by atomic mass is 9.87. The zero-order valence-electron chi connectivity index (χ0n) is 15.9. The monoisotopic (exact) mass is 361 g/mol. The van der Waals surface area contributed by atoms with Gasteiger partial charge in [0.15, 0.2) is 0 Å². The fraction of sp³-hybridized carbons (Fsp3) is 0.318. The van der Waals surface area contributed by atoms with Crippen LogP contribution in [0.5, 0.6) is 0 Å². The molecule has 2 aromatic carbocycles. The number of aryl methyl sites for hydroxylation is 1. The van der Waals surface area contributed by atoms with E-state index in [2.05, 4.69) is 31.1 Å². The van der Waals surface area contributed by atoms with Gasteiger partial charge < -0.3 is 5.32 Å². The molecule has 1 aliphatic heterocycles. The van der Waals surface area contributed by atoms with E-state index in [1.54, 1.807) is 22.8 Å². The average molecular weight is 361 g/mol. The van der Waals surface area contributed by atoms with Crippen LogP contribution in [0.25, 0.3) is 10.9 Å². The minimum absolute atomic E-state index is 0.0165. The van der Waals surface area contributed by atoms with Crippen molar-refractivity contribution in [1.29, 1.82) is 0 Å². The van der Waals surface area contributed by atoms with Crippen molar-refractivity contribution >= 4 is 22.5 Å². The third kappa shape index (κ3) is 3.25. The molecule has 2 heterocycles. The van der Waals surface area contributed by atoms with Crippen molar-refractivity contribution in [2.75, 3.05) is 5.32 Å². The van der Waals surface area contributed by atoms with E-state index in [4.69, 9.17) is 0 Å². The fourth-order valence-corrected chi connectivity index (χ4v) is 3.48. The predicted molar refractivity (Wildman–Crippen MR) is 107 cm³/mol. The van der Waals surface area contributed by atoms with Gasteiger partial charge >= 0.3 is 0 Å². The number of nitrogens with one attached hydrogen (secondary N) is 1. The number of carbonyl (C=O) groups excluding carboxylic acids is 1. The van der Waals surface area contributed by atoms with Crippen LogP contribution in [0, 0.1) is 0 Å². The molecule has 0 bridgehead atoms. The van der Waals surface area contributed by atoms with Crippen LogP contribution in [-0.4, -0.2) is 15.5 Å². The highest BCUT2D eigenvalue weighted by atomic mass is 16.1. The maximum atomic E-state index is 12.6. The van der Waals surface area contributed by atoms with Crippen LogP contribution in [0.15, 0.2) is 47.3 Å². The first kappa shape index (κ1) is 17.5. The van der Waals surface area contributed by atoms with E-state index in [0.29, 0.717) is 16.5 Å². The van der Waals surface area contributed by atoms with Crippen molar-refractivity contribution in [3.63, 3.8) is 0 Å². The van der Waals surface area contributed by atoms with Crippen LogP contribution in [0.1, 0.15) is 48.9 Å². The molecule has 4 rings (SSSR count). The largest absolute Gasteiger partial charge is 0.322 e. The second-order valence-corrected chi connectivity index (χ2v) is 8.10. The highest BCUT2D eigenvalue weighted by molar-refractivity contribution is 6.06. The number of carbonyl (C=O) groups is 1. The number of nitrogens with zero attached hydrogens (tertiary/aromatic N) is 2. The van der Waals surface area contributed by atoms with Crippen LogP contribution in [0.2, 0.25) is 0 Å². The van der Waals surface area contributed by atoms with E-state index < -0.39 is 0 Å². The maximum absolute atomic E-state index is 12.6. The summed E-state index contributed by atoms with van der Waals surface area (Å²) in [6.45, 7) is 7.19. The van der Waals surface area contributed by atoms with Gasteiger partial charge in [-0.2, -0.15) is 0 Å². The standard InChI is InChI=1S/C22H23N3O2/c1-22(2,3)15-7-9-16(10-8-15)23-20(26)14-6-11-17-18(13-14)24-19-5-4-12-25(19)21(17)27/h6-11,13H,4-5,12H2,1-3H3,(H,23,26). The van der Waals surface area contributed by atoms with Crippen molar-refractivity contribution in [1.82, 2.24) is 9.55 Å². The summed E-state index contributed by atoms with van der Waals surface area (Å²) in [6, 6.07) is 13.0. The number of hydrogen-bond donors (Lipinski definition) is 1. The third-order valence-electron chi connectivity index (χ3n) is 5.09. The fourth-order valence-electron chi connectivity index (χ4n) is 3.48. The summed E-state index contributed by atoms with van der Waals surface area (Å²) < 4.78 is 1.73. The molecule has 5 heteroatoms. The first-order valence-electron chi connectivity index (χ1n) is 9.28. The molecule has 1 aliphatic rings. The molecule has 138 valence electrons. The van der Waals surface area contributed by atoms with E-state index in [1.165, 1.54) is 5.56 Å². The van der Waals surface area contributed by atoms with Gasteiger partial charge in [-0.15, -0.1) is 0 Å². The molecular weight excluding hydrogens is 338 g/mol. The van der Waals surface area contributed by atoms with Gasteiger partial charge in [-0.1, -0.05) is 32.9 Å². The molecule has 0 atom stereocenters. The average Bonchev–Trinajstić information content (AvgIpc) is 3.10. The first-order valence-corrected chi connectivity index (χ1v) is 9.28. The zero-order valence-corrected chi connectivity index (χ0v) is 15.9. The Labute approximate surface area is 158 Å². The molecule has 0 fully saturated rings. The van der Waals surface area contributed by atoms with Crippen LogP contribution in [0.3, 0.4) is 0 Å². The van der Waals surface area contributed by atoms with Gasteiger partial charge in [-0.25, -0.2) is 4.98 Å². The Bertz CT molecular complexity index is 1090. The molecule has 1 amide bonds. The van der Waals surface area contributed by atoms with E-state index in [0.717, 1.165) is 30.9 Å². The number of amides is 1. The third-order valence-corrected chi connectivity index (χ3v) is 5.09. The Kier molecular flexibility index (Phi) is 4.10. The van der Waals surface area contributed by atoms with E-state index in [9.17, 15) is 9.59 Å². The Morgan fingerprint density at radius 2 is 1.85 bits per heavy atom. The molecule has 0 radical (unpaired) electrons. The van der Waals surface area contributed by atoms with Crippen LogP contribution in [-0.2, 0) is 18.4 Å². The molecule has 0 aliphatic carbocycles. The summed E-state index contributed by atoms with van der Waals surface area (Å²) in [5, 5.41) is 3.48. The van der Waals surface area contributed by atoms with E-state index >= 15 is 0 Å². The molecule has 0 spiro atoms. The second-order valence-electron chi connectivity index (χ2n) is 8.10. The molecule has 0 saturated heterocycles. The van der Waals surface area contributed by atoms with Crippen molar-refractivity contribution in [3.8, 4) is 0 Å². The van der Waals surface area contributed by atoms with E-state index in [-0.39, 0.29) is 16.9 Å². The molecule has 0 saturated carbocycles. The molecule has 3 aromatic rings. The smallest absolute Gasteiger partial charge is 0.261 e. The Hall–Kier alpha value is -2.95. The highest BCUT2D eigenvalue weighted by Gasteiger charge is 2.17. The Balaban J connectivity index is 1.61. The van der Waals surface area contributed by atoms with Crippen LogP contribution < -0.4 is 10.9 Å².